The summed E-state index contributed by atoms with van der Waals surface area (Å²) in [7, 11) is 1.39. The van der Waals surface area contributed by atoms with Crippen LogP contribution in [0.5, 0.6) is 5.75 Å². The van der Waals surface area contributed by atoms with Crippen LogP contribution in [0.25, 0.3) is 16.6 Å². The molecule has 4 rings (SSSR count). The Morgan fingerprint density at radius 2 is 1.58 bits per heavy atom. The number of aromatic nitrogens is 2. The highest BCUT2D eigenvalue weighted by molar-refractivity contribution is 5.86. The van der Waals surface area contributed by atoms with Gasteiger partial charge in [0.05, 0.1) is 18.0 Å². The summed E-state index contributed by atoms with van der Waals surface area (Å²) in [5.74, 6) is 3.61. The van der Waals surface area contributed by atoms with Gasteiger partial charge in [-0.2, -0.15) is 0 Å². The van der Waals surface area contributed by atoms with Gasteiger partial charge in [0, 0.05) is 11.1 Å². The first-order chi connectivity index (χ1) is 14.9. The first-order valence-electron chi connectivity index (χ1n) is 9.30. The Hall–Kier alpha value is -4.18. The Bertz CT molecular complexity index is 1470. The van der Waals surface area contributed by atoms with Gasteiger partial charge in [-0.05, 0) is 42.8 Å². The van der Waals surface area contributed by atoms with Crippen molar-refractivity contribution in [3.8, 4) is 23.3 Å². The van der Waals surface area contributed by atoms with Crippen LogP contribution in [-0.2, 0) is 0 Å². The highest BCUT2D eigenvalue weighted by Crippen LogP contribution is 2.24. The standard InChI is InChI=1S/C24H16F2N2O3/c1-14-8-11-19(31-2)21-20(14)23(29)28(24(30)27-21)22-17(25)12-16(13-18(22)26)10-9-15-6-4-3-5-7-15/h3-8,11-13H,1-2H3,(H,27,30). The molecule has 3 aromatic carbocycles. The van der Waals surface area contributed by atoms with Crippen molar-refractivity contribution >= 4 is 10.9 Å². The third kappa shape index (κ3) is 3.60. The van der Waals surface area contributed by atoms with Crippen LogP contribution in [0.15, 0.2) is 64.2 Å². The zero-order chi connectivity index (χ0) is 22.1. The Labute approximate surface area is 175 Å². The van der Waals surface area contributed by atoms with Gasteiger partial charge in [-0.15, -0.1) is 0 Å². The number of ether oxygens (including phenoxy) is 1. The molecule has 154 valence electrons. The van der Waals surface area contributed by atoms with E-state index in [1.165, 1.54) is 7.11 Å². The summed E-state index contributed by atoms with van der Waals surface area (Å²) in [6.45, 7) is 1.65. The minimum Gasteiger partial charge on any atom is -0.495 e. The van der Waals surface area contributed by atoms with Crippen molar-refractivity contribution in [3.05, 3.63) is 104 Å². The number of rotatable bonds is 2. The fraction of sp³-hybridized carbons (Fsp3) is 0.0833. The molecule has 0 saturated heterocycles. The number of benzene rings is 3. The summed E-state index contributed by atoms with van der Waals surface area (Å²) in [5.41, 5.74) is -1.15. The summed E-state index contributed by atoms with van der Waals surface area (Å²) in [5, 5.41) is 0.102. The first kappa shape index (κ1) is 20.1. The van der Waals surface area contributed by atoms with E-state index in [-0.39, 0.29) is 22.2 Å². The zero-order valence-corrected chi connectivity index (χ0v) is 16.6. The molecular weight excluding hydrogens is 402 g/mol. The minimum atomic E-state index is -1.08. The molecule has 5 nitrogen and oxygen atoms in total. The Morgan fingerprint density at radius 1 is 0.935 bits per heavy atom. The number of methoxy groups -OCH3 is 1. The molecule has 1 aromatic heterocycles. The van der Waals surface area contributed by atoms with E-state index in [2.05, 4.69) is 16.8 Å². The van der Waals surface area contributed by atoms with Crippen molar-refractivity contribution in [1.82, 2.24) is 9.55 Å². The predicted octanol–water partition coefficient (Wildman–Crippen LogP) is 3.67. The smallest absolute Gasteiger partial charge is 0.333 e. The van der Waals surface area contributed by atoms with Crippen molar-refractivity contribution in [2.24, 2.45) is 0 Å². The van der Waals surface area contributed by atoms with Gasteiger partial charge in [-0.3, -0.25) is 4.79 Å². The van der Waals surface area contributed by atoms with Crippen LogP contribution in [-0.4, -0.2) is 16.7 Å². The van der Waals surface area contributed by atoms with Crippen molar-refractivity contribution in [2.75, 3.05) is 7.11 Å². The van der Waals surface area contributed by atoms with Crippen molar-refractivity contribution in [3.63, 3.8) is 0 Å². The number of hydrogen-bond donors (Lipinski definition) is 1. The molecule has 0 amide bonds. The summed E-state index contributed by atoms with van der Waals surface area (Å²) < 4.78 is 35.4. The number of halogens is 2. The quantitative estimate of drug-likeness (QED) is 0.505. The van der Waals surface area contributed by atoms with Gasteiger partial charge in [0.2, 0.25) is 0 Å². The highest BCUT2D eigenvalue weighted by Gasteiger charge is 2.20. The molecule has 7 heteroatoms. The van der Waals surface area contributed by atoms with E-state index in [0.717, 1.165) is 12.1 Å². The number of H-pyrrole nitrogens is 1. The molecule has 31 heavy (non-hydrogen) atoms. The second-order valence-electron chi connectivity index (χ2n) is 6.81. The molecule has 0 radical (unpaired) electrons. The summed E-state index contributed by atoms with van der Waals surface area (Å²) in [6.07, 6.45) is 0. The molecule has 0 bridgehead atoms. The lowest BCUT2D eigenvalue weighted by Gasteiger charge is -2.12. The normalized spacial score (nSPS) is 10.6. The number of nitrogens with zero attached hydrogens (tertiary/aromatic N) is 1. The lowest BCUT2D eigenvalue weighted by atomic mass is 10.1. The number of nitrogens with one attached hydrogen (secondary N) is 1. The van der Waals surface area contributed by atoms with E-state index in [4.69, 9.17) is 4.74 Å². The molecule has 0 aliphatic rings. The van der Waals surface area contributed by atoms with Crippen LogP contribution >= 0.6 is 0 Å². The van der Waals surface area contributed by atoms with Gasteiger partial charge in [-0.1, -0.05) is 36.1 Å². The molecule has 0 fully saturated rings. The summed E-state index contributed by atoms with van der Waals surface area (Å²) in [6, 6.07) is 14.1. The van der Waals surface area contributed by atoms with Gasteiger partial charge in [0.15, 0.2) is 11.6 Å². The molecule has 0 atom stereocenters. The molecule has 1 heterocycles. The van der Waals surface area contributed by atoms with Crippen LogP contribution < -0.4 is 16.0 Å². The minimum absolute atomic E-state index is 0.0747. The average Bonchev–Trinajstić information content (AvgIpc) is 2.74. The van der Waals surface area contributed by atoms with E-state index in [1.54, 1.807) is 43.3 Å². The first-order valence-corrected chi connectivity index (χ1v) is 9.30. The molecule has 4 aromatic rings. The van der Waals surface area contributed by atoms with Gasteiger partial charge in [-0.25, -0.2) is 18.1 Å². The molecular formula is C24H16F2N2O3. The molecule has 0 aliphatic carbocycles. The lowest BCUT2D eigenvalue weighted by Crippen LogP contribution is -2.35. The largest absolute Gasteiger partial charge is 0.495 e. The van der Waals surface area contributed by atoms with Gasteiger partial charge in [0.25, 0.3) is 5.56 Å². The number of fused-ring (bicyclic) bond motifs is 1. The molecule has 0 spiro atoms. The van der Waals surface area contributed by atoms with Gasteiger partial charge >= 0.3 is 5.69 Å². The Kier molecular flexibility index (Phi) is 5.14. The highest BCUT2D eigenvalue weighted by atomic mass is 19.1. The van der Waals surface area contributed by atoms with E-state index in [0.29, 0.717) is 15.7 Å². The van der Waals surface area contributed by atoms with E-state index >= 15 is 0 Å². The molecule has 0 unspecified atom stereocenters. The lowest BCUT2D eigenvalue weighted by molar-refractivity contribution is 0.418. The van der Waals surface area contributed by atoms with E-state index in [9.17, 15) is 18.4 Å². The maximum atomic E-state index is 14.9. The third-order valence-corrected chi connectivity index (χ3v) is 4.81. The van der Waals surface area contributed by atoms with Crippen molar-refractivity contribution in [2.45, 2.75) is 6.92 Å². The van der Waals surface area contributed by atoms with Crippen LogP contribution in [0, 0.1) is 30.4 Å². The van der Waals surface area contributed by atoms with Gasteiger partial charge < -0.3 is 9.72 Å². The summed E-state index contributed by atoms with van der Waals surface area (Å²) in [4.78, 5) is 28.2. The van der Waals surface area contributed by atoms with Crippen molar-refractivity contribution < 1.29 is 13.5 Å². The third-order valence-electron chi connectivity index (χ3n) is 4.81. The van der Waals surface area contributed by atoms with E-state index < -0.39 is 28.6 Å². The Balaban J connectivity index is 1.91. The SMILES string of the molecule is COc1ccc(C)c2c(=O)n(-c3c(F)cc(C#Cc4ccccc4)cc3F)c(=O)[nH]c12. The molecule has 0 saturated carbocycles. The number of aryl methyl sites for hydroxylation is 1. The molecule has 0 aliphatic heterocycles. The molecule has 1 N–H and O–H groups in total. The fourth-order valence-electron chi connectivity index (χ4n) is 3.34. The van der Waals surface area contributed by atoms with E-state index in [1.807, 2.05) is 6.07 Å². The predicted molar refractivity (Wildman–Crippen MR) is 114 cm³/mol. The average molecular weight is 418 g/mol. The Morgan fingerprint density at radius 3 is 2.23 bits per heavy atom. The topological polar surface area (TPSA) is 64.1 Å². The number of aromatic amines is 1. The van der Waals surface area contributed by atoms with Crippen molar-refractivity contribution in [1.29, 1.82) is 0 Å². The van der Waals surface area contributed by atoms with Gasteiger partial charge in [0.1, 0.15) is 11.4 Å². The zero-order valence-electron chi connectivity index (χ0n) is 16.6. The summed E-state index contributed by atoms with van der Waals surface area (Å²) >= 11 is 0. The van der Waals surface area contributed by atoms with Crippen LogP contribution in [0.1, 0.15) is 16.7 Å². The van der Waals surface area contributed by atoms with Crippen LogP contribution in [0.3, 0.4) is 0 Å². The monoisotopic (exact) mass is 418 g/mol. The fourth-order valence-corrected chi connectivity index (χ4v) is 3.34. The second kappa shape index (κ2) is 7.92. The number of hydrogen-bond acceptors (Lipinski definition) is 3. The maximum Gasteiger partial charge on any atom is 0.333 e. The van der Waals surface area contributed by atoms with Crippen LogP contribution in [0.4, 0.5) is 8.78 Å². The van der Waals surface area contributed by atoms with Crippen LogP contribution in [0.2, 0.25) is 0 Å². The maximum absolute atomic E-state index is 14.9. The second-order valence-corrected chi connectivity index (χ2v) is 6.81.